The molecule has 106 valence electrons. The molecule has 3 rings (SSSR count). The molecule has 0 spiro atoms. The fraction of sp³-hybridized carbons (Fsp3) is 0.333. The second-order valence-electron chi connectivity index (χ2n) is 4.85. The van der Waals surface area contributed by atoms with Crippen molar-refractivity contribution in [2.75, 3.05) is 0 Å². The lowest BCUT2D eigenvalue weighted by Gasteiger charge is -2.07. The Bertz CT molecular complexity index is 732. The summed E-state index contributed by atoms with van der Waals surface area (Å²) >= 11 is 0. The molecule has 1 saturated carbocycles. The van der Waals surface area contributed by atoms with E-state index in [0.29, 0.717) is 12.5 Å². The Morgan fingerprint density at radius 3 is 2.40 bits per heavy atom. The van der Waals surface area contributed by atoms with Gasteiger partial charge in [0.1, 0.15) is 5.69 Å². The summed E-state index contributed by atoms with van der Waals surface area (Å²) in [5, 5.41) is 13.3. The van der Waals surface area contributed by atoms with Gasteiger partial charge in [0.05, 0.1) is 16.3 Å². The number of hydrogen-bond donors (Lipinski definition) is 2. The van der Waals surface area contributed by atoms with Gasteiger partial charge < -0.3 is 5.73 Å². The van der Waals surface area contributed by atoms with Crippen LogP contribution in [0.1, 0.15) is 30.1 Å². The SMILES string of the molecule is NCc1nnn(-c2ccc(S(N)(=O)=O)cc2)c1C1CC1. The summed E-state index contributed by atoms with van der Waals surface area (Å²) in [4.78, 5) is 0.0772. The summed E-state index contributed by atoms with van der Waals surface area (Å²) in [7, 11) is -3.68. The zero-order valence-corrected chi connectivity index (χ0v) is 11.5. The van der Waals surface area contributed by atoms with Gasteiger partial charge in [-0.2, -0.15) is 0 Å². The van der Waals surface area contributed by atoms with Crippen LogP contribution in [0.2, 0.25) is 0 Å². The van der Waals surface area contributed by atoms with Crippen molar-refractivity contribution in [3.05, 3.63) is 35.7 Å². The summed E-state index contributed by atoms with van der Waals surface area (Å²) < 4.78 is 24.2. The van der Waals surface area contributed by atoms with E-state index >= 15 is 0 Å². The van der Waals surface area contributed by atoms with E-state index < -0.39 is 10.0 Å². The number of primary sulfonamides is 1. The van der Waals surface area contributed by atoms with Crippen LogP contribution in [0.3, 0.4) is 0 Å². The third-order valence-corrected chi connectivity index (χ3v) is 4.28. The topological polar surface area (TPSA) is 117 Å². The highest BCUT2D eigenvalue weighted by Gasteiger charge is 2.31. The van der Waals surface area contributed by atoms with Crippen molar-refractivity contribution in [2.24, 2.45) is 10.9 Å². The Morgan fingerprint density at radius 2 is 1.90 bits per heavy atom. The van der Waals surface area contributed by atoms with Crippen LogP contribution in [0.5, 0.6) is 0 Å². The molecule has 0 radical (unpaired) electrons. The molecule has 0 saturated heterocycles. The summed E-state index contributed by atoms with van der Waals surface area (Å²) in [6, 6.07) is 6.26. The molecule has 0 aliphatic heterocycles. The van der Waals surface area contributed by atoms with Crippen molar-refractivity contribution >= 4 is 10.0 Å². The highest BCUT2D eigenvalue weighted by atomic mass is 32.2. The summed E-state index contributed by atoms with van der Waals surface area (Å²) in [6.45, 7) is 0.348. The molecular weight excluding hydrogens is 278 g/mol. The lowest BCUT2D eigenvalue weighted by Crippen LogP contribution is -2.12. The van der Waals surface area contributed by atoms with Gasteiger partial charge in [-0.25, -0.2) is 18.2 Å². The van der Waals surface area contributed by atoms with Gasteiger partial charge in [-0.15, -0.1) is 5.10 Å². The predicted octanol–water partition coefficient (Wildman–Crippen LogP) is 0.251. The van der Waals surface area contributed by atoms with E-state index in [9.17, 15) is 8.42 Å². The average Bonchev–Trinajstić information content (AvgIpc) is 3.17. The van der Waals surface area contributed by atoms with Crippen LogP contribution in [0, 0.1) is 0 Å². The van der Waals surface area contributed by atoms with Crippen LogP contribution < -0.4 is 10.9 Å². The van der Waals surface area contributed by atoms with E-state index in [1.165, 1.54) is 12.1 Å². The molecule has 1 heterocycles. The maximum absolute atomic E-state index is 11.2. The van der Waals surface area contributed by atoms with Gasteiger partial charge in [0.25, 0.3) is 0 Å². The minimum atomic E-state index is -3.68. The standard InChI is InChI=1S/C12H15N5O2S/c13-7-11-12(8-1-2-8)17(16-15-11)9-3-5-10(6-4-9)20(14,18)19/h3-6,8H,1-2,7,13H2,(H2,14,18,19). The third-order valence-electron chi connectivity index (χ3n) is 3.35. The number of rotatable bonds is 4. The van der Waals surface area contributed by atoms with Gasteiger partial charge in [-0.1, -0.05) is 5.21 Å². The van der Waals surface area contributed by atoms with Crippen molar-refractivity contribution in [1.82, 2.24) is 15.0 Å². The average molecular weight is 293 g/mol. The van der Waals surface area contributed by atoms with Crippen molar-refractivity contribution in [1.29, 1.82) is 0 Å². The molecule has 1 aromatic carbocycles. The van der Waals surface area contributed by atoms with E-state index in [0.717, 1.165) is 29.9 Å². The largest absolute Gasteiger partial charge is 0.325 e. The fourth-order valence-electron chi connectivity index (χ4n) is 2.20. The van der Waals surface area contributed by atoms with Gasteiger partial charge in [-0.3, -0.25) is 0 Å². The molecule has 2 aromatic rings. The molecule has 0 amide bonds. The Hall–Kier alpha value is -1.77. The van der Waals surface area contributed by atoms with Crippen molar-refractivity contribution in [3.63, 3.8) is 0 Å². The lowest BCUT2D eigenvalue weighted by atomic mass is 10.2. The quantitative estimate of drug-likeness (QED) is 0.838. The second-order valence-corrected chi connectivity index (χ2v) is 6.41. The molecule has 1 aromatic heterocycles. The summed E-state index contributed by atoms with van der Waals surface area (Å²) in [6.07, 6.45) is 2.21. The van der Waals surface area contributed by atoms with E-state index in [1.807, 2.05) is 0 Å². The number of nitrogens with two attached hydrogens (primary N) is 2. The molecule has 7 nitrogen and oxygen atoms in total. The summed E-state index contributed by atoms with van der Waals surface area (Å²) in [5.41, 5.74) is 8.25. The van der Waals surface area contributed by atoms with E-state index in [-0.39, 0.29) is 4.90 Å². The van der Waals surface area contributed by atoms with Crippen LogP contribution in [-0.2, 0) is 16.6 Å². The van der Waals surface area contributed by atoms with Crippen molar-refractivity contribution < 1.29 is 8.42 Å². The normalized spacial score (nSPS) is 15.5. The number of hydrogen-bond acceptors (Lipinski definition) is 5. The molecule has 8 heteroatoms. The van der Waals surface area contributed by atoms with Crippen LogP contribution in [0.4, 0.5) is 0 Å². The van der Waals surface area contributed by atoms with Gasteiger partial charge >= 0.3 is 0 Å². The molecular formula is C12H15N5O2S. The molecule has 1 aliphatic carbocycles. The van der Waals surface area contributed by atoms with Gasteiger partial charge in [0, 0.05) is 12.5 Å². The molecule has 0 bridgehead atoms. The summed E-state index contributed by atoms with van der Waals surface area (Å²) in [5.74, 6) is 0.446. The molecule has 4 N–H and O–H groups in total. The minimum Gasteiger partial charge on any atom is -0.325 e. The third kappa shape index (κ3) is 2.33. The van der Waals surface area contributed by atoms with Gasteiger partial charge in [0.15, 0.2) is 0 Å². The Labute approximate surface area is 116 Å². The first-order valence-corrected chi connectivity index (χ1v) is 7.83. The van der Waals surface area contributed by atoms with Gasteiger partial charge in [-0.05, 0) is 37.1 Å². The van der Waals surface area contributed by atoms with Gasteiger partial charge in [0.2, 0.25) is 10.0 Å². The van der Waals surface area contributed by atoms with E-state index in [2.05, 4.69) is 10.3 Å². The molecule has 20 heavy (non-hydrogen) atoms. The Morgan fingerprint density at radius 1 is 1.25 bits per heavy atom. The zero-order valence-electron chi connectivity index (χ0n) is 10.7. The first kappa shape index (κ1) is 13.2. The highest BCUT2D eigenvalue weighted by Crippen LogP contribution is 2.41. The number of nitrogens with zero attached hydrogens (tertiary/aromatic N) is 3. The van der Waals surface area contributed by atoms with Crippen LogP contribution in [0.25, 0.3) is 5.69 Å². The van der Waals surface area contributed by atoms with Crippen molar-refractivity contribution in [2.45, 2.75) is 30.2 Å². The molecule has 0 unspecified atom stereocenters. The van der Waals surface area contributed by atoms with E-state index in [1.54, 1.807) is 16.8 Å². The minimum absolute atomic E-state index is 0.0772. The maximum atomic E-state index is 11.2. The molecule has 0 atom stereocenters. The lowest BCUT2D eigenvalue weighted by molar-refractivity contribution is 0.597. The first-order valence-electron chi connectivity index (χ1n) is 6.28. The number of benzene rings is 1. The molecule has 1 aliphatic rings. The van der Waals surface area contributed by atoms with E-state index in [4.69, 9.17) is 10.9 Å². The van der Waals surface area contributed by atoms with Crippen molar-refractivity contribution in [3.8, 4) is 5.69 Å². The van der Waals surface area contributed by atoms with Crippen LogP contribution in [-0.4, -0.2) is 23.4 Å². The smallest absolute Gasteiger partial charge is 0.238 e. The maximum Gasteiger partial charge on any atom is 0.238 e. The number of sulfonamides is 1. The highest BCUT2D eigenvalue weighted by molar-refractivity contribution is 7.89. The molecule has 1 fully saturated rings. The Kier molecular flexibility index (Phi) is 3.08. The Balaban J connectivity index is 2.03. The first-order chi connectivity index (χ1) is 9.50. The zero-order chi connectivity index (χ0) is 14.3. The predicted molar refractivity (Wildman–Crippen MR) is 72.6 cm³/mol. The second kappa shape index (κ2) is 4.65. The van der Waals surface area contributed by atoms with Crippen LogP contribution >= 0.6 is 0 Å². The number of aromatic nitrogens is 3. The monoisotopic (exact) mass is 293 g/mol. The van der Waals surface area contributed by atoms with Crippen LogP contribution in [0.15, 0.2) is 29.2 Å². The fourth-order valence-corrected chi connectivity index (χ4v) is 2.71.